The Labute approximate surface area is 250 Å². The van der Waals surface area contributed by atoms with E-state index in [1.165, 1.54) is 95.2 Å². The van der Waals surface area contributed by atoms with Gasteiger partial charge in [0.1, 0.15) is 12.2 Å². The van der Waals surface area contributed by atoms with Crippen LogP contribution in [0.2, 0.25) is 0 Å². The van der Waals surface area contributed by atoms with E-state index in [0.29, 0.717) is 23.4 Å². The largest absolute Gasteiger partial charge is 0.475 e. The molecule has 0 N–H and O–H groups in total. The highest BCUT2D eigenvalue weighted by Crippen LogP contribution is 2.33. The molecule has 2 atom stereocenters. The number of quaternary nitrogens is 1. The molecule has 0 bridgehead atoms. The zero-order valence-corrected chi connectivity index (χ0v) is 27.4. The smallest absolute Gasteiger partial charge is 0.310 e. The highest BCUT2D eigenvalue weighted by molar-refractivity contribution is 6.99. The Morgan fingerprint density at radius 2 is 1.45 bits per heavy atom. The second-order valence-corrected chi connectivity index (χ2v) is 13.0. The number of nitrogens with zero attached hydrogens (tertiary/aromatic N) is 3. The Morgan fingerprint density at radius 3 is 2.05 bits per heavy atom. The zero-order valence-electron chi connectivity index (χ0n) is 26.6. The second kappa shape index (κ2) is 20.4. The Morgan fingerprint density at radius 1 is 0.875 bits per heavy atom. The fraction of sp³-hybridized carbons (Fsp3) is 0.848. The average molecular weight is 579 g/mol. The van der Waals surface area contributed by atoms with Gasteiger partial charge >= 0.3 is 5.97 Å². The predicted molar refractivity (Wildman–Crippen MR) is 168 cm³/mol. The molecule has 0 aromatic carbocycles. The maximum Gasteiger partial charge on any atom is 0.310 e. The normalized spacial score (nSPS) is 18.1. The van der Waals surface area contributed by atoms with Crippen LogP contribution < -0.4 is 4.74 Å². The van der Waals surface area contributed by atoms with Crippen molar-refractivity contribution in [1.29, 1.82) is 0 Å². The number of unbranched alkanes of at least 4 members (excludes halogenated alkanes) is 14. The lowest BCUT2D eigenvalue weighted by atomic mass is 10.0. The number of aromatic nitrogens is 2. The molecule has 1 aliphatic rings. The van der Waals surface area contributed by atoms with E-state index in [9.17, 15) is 4.79 Å². The number of carbonyl (C=O) groups excluding carboxylic acids is 1. The quantitative estimate of drug-likeness (QED) is 0.0735. The number of esters is 1. The summed E-state index contributed by atoms with van der Waals surface area (Å²) in [4.78, 5) is 12.9. The molecule has 1 aliphatic heterocycles. The van der Waals surface area contributed by atoms with Gasteiger partial charge in [-0.25, -0.2) is 0 Å². The summed E-state index contributed by atoms with van der Waals surface area (Å²) in [6, 6.07) is 0. The van der Waals surface area contributed by atoms with E-state index in [1.807, 2.05) is 0 Å². The van der Waals surface area contributed by atoms with Crippen LogP contribution >= 0.6 is 11.7 Å². The zero-order chi connectivity index (χ0) is 29.1. The number of rotatable bonds is 23. The molecule has 7 heteroatoms. The van der Waals surface area contributed by atoms with Crippen LogP contribution in [0, 0.1) is 5.92 Å². The van der Waals surface area contributed by atoms with E-state index >= 15 is 0 Å². The van der Waals surface area contributed by atoms with Gasteiger partial charge in [-0.05, 0) is 12.8 Å². The first-order valence-electron chi connectivity index (χ1n) is 16.6. The third kappa shape index (κ3) is 13.0. The fourth-order valence-electron chi connectivity index (χ4n) is 5.91. The molecule has 0 aliphatic carbocycles. The van der Waals surface area contributed by atoms with Crippen LogP contribution in [0.3, 0.4) is 0 Å². The molecule has 2 rings (SSSR count). The molecule has 2 unspecified atom stereocenters. The van der Waals surface area contributed by atoms with Crippen molar-refractivity contribution in [3.8, 4) is 5.88 Å². The standard InChI is InChI=1S/C33H60N3O3S/c1-6-8-10-12-13-14-15-16-17-18-19-20-24-30(37)39-33(28(3)4)36(5)25-22-23-29(27-36)31-32(35-40-34-31)38-26-21-11-9-7-2/h23,28,33H,6-22,24-27H2,1-5H3/q+1. The summed E-state index contributed by atoms with van der Waals surface area (Å²) in [5.74, 6) is 0.844. The van der Waals surface area contributed by atoms with Gasteiger partial charge in [0.05, 0.1) is 31.9 Å². The van der Waals surface area contributed by atoms with Crippen LogP contribution in [-0.4, -0.2) is 52.2 Å². The van der Waals surface area contributed by atoms with Crippen molar-refractivity contribution >= 4 is 23.3 Å². The summed E-state index contributed by atoms with van der Waals surface area (Å²) in [6.07, 6.45) is 23.8. The van der Waals surface area contributed by atoms with E-state index in [1.54, 1.807) is 0 Å². The van der Waals surface area contributed by atoms with Crippen molar-refractivity contribution < 1.29 is 18.8 Å². The number of carbonyl (C=O) groups is 1. The van der Waals surface area contributed by atoms with Gasteiger partial charge in [0.25, 0.3) is 5.88 Å². The average Bonchev–Trinajstić information content (AvgIpc) is 3.40. The SMILES string of the molecule is CCCCCCCCCCCCCCC(=O)OC(C(C)C)[N+]1(C)CCC=C(c2nsnc2OCCCCCC)C1. The van der Waals surface area contributed by atoms with Crippen LogP contribution in [0.25, 0.3) is 5.57 Å². The Kier molecular flexibility index (Phi) is 17.7. The third-order valence-electron chi connectivity index (χ3n) is 8.23. The first-order chi connectivity index (χ1) is 19.4. The molecule has 0 spiro atoms. The van der Waals surface area contributed by atoms with Crippen molar-refractivity contribution in [3.05, 3.63) is 11.8 Å². The van der Waals surface area contributed by atoms with E-state index in [2.05, 4.69) is 49.6 Å². The Balaban J connectivity index is 1.75. The van der Waals surface area contributed by atoms with Gasteiger partial charge in [0, 0.05) is 24.3 Å². The summed E-state index contributed by atoms with van der Waals surface area (Å²) in [6.45, 7) is 11.2. The van der Waals surface area contributed by atoms with Crippen molar-refractivity contribution in [1.82, 2.24) is 8.75 Å². The minimum absolute atomic E-state index is 0.0485. The van der Waals surface area contributed by atoms with Gasteiger partial charge < -0.3 is 9.47 Å². The van der Waals surface area contributed by atoms with E-state index in [-0.39, 0.29) is 18.1 Å². The van der Waals surface area contributed by atoms with Crippen molar-refractivity contribution in [3.63, 3.8) is 0 Å². The van der Waals surface area contributed by atoms with E-state index < -0.39 is 0 Å². The van der Waals surface area contributed by atoms with Crippen molar-refractivity contribution in [2.24, 2.45) is 5.92 Å². The number of hydrogen-bond acceptors (Lipinski definition) is 6. The second-order valence-electron chi connectivity index (χ2n) is 12.5. The molecule has 1 aromatic heterocycles. The first kappa shape index (κ1) is 34.7. The molecule has 2 heterocycles. The molecular formula is C33H60N3O3S+. The molecule has 0 amide bonds. The highest BCUT2D eigenvalue weighted by atomic mass is 32.1. The molecule has 0 fully saturated rings. The topological polar surface area (TPSA) is 61.3 Å². The molecule has 1 aromatic rings. The van der Waals surface area contributed by atoms with Crippen LogP contribution in [-0.2, 0) is 9.53 Å². The van der Waals surface area contributed by atoms with Gasteiger partial charge in [-0.3, -0.25) is 9.28 Å². The lowest BCUT2D eigenvalue weighted by Gasteiger charge is -2.44. The highest BCUT2D eigenvalue weighted by Gasteiger charge is 2.41. The summed E-state index contributed by atoms with van der Waals surface area (Å²) in [7, 11) is 2.22. The van der Waals surface area contributed by atoms with Gasteiger partial charge in [0.15, 0.2) is 0 Å². The Hall–Kier alpha value is -1.47. The van der Waals surface area contributed by atoms with Crippen LogP contribution in [0.1, 0.15) is 149 Å². The molecule has 6 nitrogen and oxygen atoms in total. The van der Waals surface area contributed by atoms with E-state index in [4.69, 9.17) is 9.47 Å². The molecule has 40 heavy (non-hydrogen) atoms. The summed E-state index contributed by atoms with van der Waals surface area (Å²) in [5, 5.41) is 0. The minimum atomic E-state index is -0.168. The Bertz CT molecular complexity index is 841. The van der Waals surface area contributed by atoms with Crippen molar-refractivity contribution in [2.75, 3.05) is 26.7 Å². The molecular weight excluding hydrogens is 518 g/mol. The lowest BCUT2D eigenvalue weighted by Crippen LogP contribution is -2.58. The monoisotopic (exact) mass is 578 g/mol. The summed E-state index contributed by atoms with van der Waals surface area (Å²) in [5.41, 5.74) is 2.03. The first-order valence-corrected chi connectivity index (χ1v) is 17.3. The lowest BCUT2D eigenvalue weighted by molar-refractivity contribution is -0.950. The summed E-state index contributed by atoms with van der Waals surface area (Å²) >= 11 is 1.22. The summed E-state index contributed by atoms with van der Waals surface area (Å²) < 4.78 is 22.0. The molecule has 0 radical (unpaired) electrons. The van der Waals surface area contributed by atoms with Gasteiger partial charge in [-0.15, -0.1) is 4.37 Å². The minimum Gasteiger partial charge on any atom is -0.475 e. The van der Waals surface area contributed by atoms with Gasteiger partial charge in [-0.1, -0.05) is 124 Å². The maximum absolute atomic E-state index is 12.9. The number of hydrogen-bond donors (Lipinski definition) is 0. The van der Waals surface area contributed by atoms with Gasteiger partial charge in [0.2, 0.25) is 6.23 Å². The maximum atomic E-state index is 12.9. The number of ether oxygens (including phenoxy) is 2. The van der Waals surface area contributed by atoms with Gasteiger partial charge in [-0.2, -0.15) is 4.37 Å². The molecule has 0 saturated carbocycles. The third-order valence-corrected chi connectivity index (χ3v) is 8.74. The van der Waals surface area contributed by atoms with Crippen LogP contribution in [0.5, 0.6) is 5.88 Å². The fourth-order valence-corrected chi connectivity index (χ4v) is 6.44. The van der Waals surface area contributed by atoms with Crippen LogP contribution in [0.4, 0.5) is 0 Å². The predicted octanol–water partition coefficient (Wildman–Crippen LogP) is 9.35. The molecule has 0 saturated heterocycles. The van der Waals surface area contributed by atoms with E-state index in [0.717, 1.165) is 50.0 Å². The van der Waals surface area contributed by atoms with Crippen LogP contribution in [0.15, 0.2) is 6.08 Å². The number of likely N-dealkylation sites (N-methyl/N-ethyl adjacent to an activating group) is 1. The van der Waals surface area contributed by atoms with Crippen molar-refractivity contribution in [2.45, 2.75) is 149 Å². The molecule has 230 valence electrons.